The number of nitrogens with zero attached hydrogens (tertiary/aromatic N) is 1. The Morgan fingerprint density at radius 3 is 2.94 bits per heavy atom. The summed E-state index contributed by atoms with van der Waals surface area (Å²) in [4.78, 5) is 11.6. The van der Waals surface area contributed by atoms with E-state index in [9.17, 15) is 13.6 Å². The van der Waals surface area contributed by atoms with E-state index in [2.05, 4.69) is 10.1 Å². The van der Waals surface area contributed by atoms with Gasteiger partial charge in [-0.1, -0.05) is 6.07 Å². The minimum atomic E-state index is -2.92. The fourth-order valence-electron chi connectivity index (χ4n) is 1.28. The Labute approximate surface area is 103 Å². The van der Waals surface area contributed by atoms with Crippen LogP contribution in [-0.4, -0.2) is 19.1 Å². The van der Waals surface area contributed by atoms with E-state index in [-0.39, 0.29) is 17.2 Å². The van der Waals surface area contributed by atoms with E-state index in [4.69, 9.17) is 5.26 Å². The summed E-state index contributed by atoms with van der Waals surface area (Å²) in [5, 5.41) is 10.9. The SMILES string of the molecule is N#CCCCNC(=O)c1cccc(OC(F)F)c1. The van der Waals surface area contributed by atoms with Crippen LogP contribution in [0.2, 0.25) is 0 Å². The van der Waals surface area contributed by atoms with Crippen LogP contribution in [-0.2, 0) is 0 Å². The molecule has 1 N–H and O–H groups in total. The van der Waals surface area contributed by atoms with Crippen LogP contribution in [0, 0.1) is 11.3 Å². The molecule has 1 amide bonds. The molecule has 6 heteroatoms. The van der Waals surface area contributed by atoms with Crippen molar-refractivity contribution in [3.63, 3.8) is 0 Å². The normalized spacial score (nSPS) is 9.89. The predicted octanol–water partition coefficient (Wildman–Crippen LogP) is 2.32. The third kappa shape index (κ3) is 4.78. The number of amides is 1. The van der Waals surface area contributed by atoms with Crippen molar-refractivity contribution in [2.75, 3.05) is 6.54 Å². The summed E-state index contributed by atoms with van der Waals surface area (Å²) in [6.07, 6.45) is 0.907. The first-order chi connectivity index (χ1) is 8.63. The zero-order chi connectivity index (χ0) is 13.4. The highest BCUT2D eigenvalue weighted by atomic mass is 19.3. The molecule has 0 fully saturated rings. The molecule has 0 saturated heterocycles. The van der Waals surface area contributed by atoms with Gasteiger partial charge < -0.3 is 10.1 Å². The van der Waals surface area contributed by atoms with Crippen LogP contribution >= 0.6 is 0 Å². The standard InChI is InChI=1S/C12H12F2N2O2/c13-12(14)18-10-5-3-4-9(8-10)11(17)16-7-2-1-6-15/h3-5,8,12H,1-2,7H2,(H,16,17). The minimum Gasteiger partial charge on any atom is -0.435 e. The lowest BCUT2D eigenvalue weighted by molar-refractivity contribution is -0.0498. The van der Waals surface area contributed by atoms with E-state index >= 15 is 0 Å². The quantitative estimate of drug-likeness (QED) is 0.792. The number of hydrogen-bond donors (Lipinski definition) is 1. The molecule has 18 heavy (non-hydrogen) atoms. The number of unbranched alkanes of at least 4 members (excludes halogenated alkanes) is 1. The summed E-state index contributed by atoms with van der Waals surface area (Å²) < 4.78 is 28.2. The van der Waals surface area contributed by atoms with Gasteiger partial charge in [-0.25, -0.2) is 0 Å². The monoisotopic (exact) mass is 254 g/mol. The number of nitrogens with one attached hydrogen (secondary N) is 1. The molecule has 0 radical (unpaired) electrons. The van der Waals surface area contributed by atoms with Crippen LogP contribution in [0.25, 0.3) is 0 Å². The maximum Gasteiger partial charge on any atom is 0.387 e. The van der Waals surface area contributed by atoms with Crippen LogP contribution < -0.4 is 10.1 Å². The number of carbonyl (C=O) groups is 1. The second-order valence-corrected chi connectivity index (χ2v) is 3.42. The predicted molar refractivity (Wildman–Crippen MR) is 60.3 cm³/mol. The van der Waals surface area contributed by atoms with Crippen LogP contribution in [0.5, 0.6) is 5.75 Å². The van der Waals surface area contributed by atoms with Gasteiger partial charge >= 0.3 is 6.61 Å². The molecule has 0 unspecified atom stereocenters. The Morgan fingerprint density at radius 2 is 2.28 bits per heavy atom. The van der Waals surface area contributed by atoms with Crippen LogP contribution in [0.1, 0.15) is 23.2 Å². The van der Waals surface area contributed by atoms with Gasteiger partial charge in [-0.2, -0.15) is 14.0 Å². The van der Waals surface area contributed by atoms with Crippen molar-refractivity contribution in [3.8, 4) is 11.8 Å². The van der Waals surface area contributed by atoms with Gasteiger partial charge in [0.2, 0.25) is 0 Å². The second-order valence-electron chi connectivity index (χ2n) is 3.42. The van der Waals surface area contributed by atoms with Gasteiger partial charge in [0.25, 0.3) is 5.91 Å². The third-order valence-corrected chi connectivity index (χ3v) is 2.07. The first kappa shape index (κ1) is 13.9. The molecule has 0 heterocycles. The molecule has 0 aromatic heterocycles. The number of nitriles is 1. The molecule has 4 nitrogen and oxygen atoms in total. The Hall–Kier alpha value is -2.16. The second kappa shape index (κ2) is 7.22. The largest absolute Gasteiger partial charge is 0.435 e. The first-order valence-corrected chi connectivity index (χ1v) is 5.33. The lowest BCUT2D eigenvalue weighted by Gasteiger charge is -2.07. The summed E-state index contributed by atoms with van der Waals surface area (Å²) >= 11 is 0. The molecule has 1 rings (SSSR count). The van der Waals surface area contributed by atoms with Crippen molar-refractivity contribution in [2.24, 2.45) is 0 Å². The molecule has 0 spiro atoms. The lowest BCUT2D eigenvalue weighted by Crippen LogP contribution is -2.24. The van der Waals surface area contributed by atoms with Gasteiger partial charge in [-0.15, -0.1) is 0 Å². The molecule has 1 aromatic rings. The summed E-state index contributed by atoms with van der Waals surface area (Å²) in [6, 6.07) is 7.50. The summed E-state index contributed by atoms with van der Waals surface area (Å²) in [6.45, 7) is -2.55. The van der Waals surface area contributed by atoms with Crippen LogP contribution in [0.3, 0.4) is 0 Å². The average Bonchev–Trinajstić information content (AvgIpc) is 2.34. The highest BCUT2D eigenvalue weighted by Gasteiger charge is 2.08. The van der Waals surface area contributed by atoms with Crippen molar-refractivity contribution in [3.05, 3.63) is 29.8 Å². The molecule has 0 aliphatic rings. The topological polar surface area (TPSA) is 62.1 Å². The minimum absolute atomic E-state index is 0.0605. The number of rotatable bonds is 6. The smallest absolute Gasteiger partial charge is 0.387 e. The van der Waals surface area contributed by atoms with Gasteiger partial charge in [0.05, 0.1) is 6.07 Å². The van der Waals surface area contributed by atoms with E-state index in [0.717, 1.165) is 0 Å². The molecule has 96 valence electrons. The molecule has 0 atom stereocenters. The maximum atomic E-state index is 12.0. The highest BCUT2D eigenvalue weighted by Crippen LogP contribution is 2.15. The molecule has 0 bridgehead atoms. The number of halogens is 2. The highest BCUT2D eigenvalue weighted by molar-refractivity contribution is 5.94. The summed E-state index contributed by atoms with van der Waals surface area (Å²) in [5.74, 6) is -0.442. The number of benzene rings is 1. The summed E-state index contributed by atoms with van der Waals surface area (Å²) in [7, 11) is 0. The Morgan fingerprint density at radius 1 is 1.50 bits per heavy atom. The molecule has 0 aliphatic carbocycles. The first-order valence-electron chi connectivity index (χ1n) is 5.33. The average molecular weight is 254 g/mol. The van der Waals surface area contributed by atoms with Gasteiger partial charge in [-0.05, 0) is 24.6 Å². The molecular formula is C12H12F2N2O2. The maximum absolute atomic E-state index is 12.0. The van der Waals surface area contributed by atoms with E-state index in [1.54, 1.807) is 0 Å². The molecule has 0 aliphatic heterocycles. The van der Waals surface area contributed by atoms with E-state index < -0.39 is 6.61 Å². The van der Waals surface area contributed by atoms with Crippen molar-refractivity contribution in [1.82, 2.24) is 5.32 Å². The van der Waals surface area contributed by atoms with Gasteiger partial charge in [0, 0.05) is 18.5 Å². The molecule has 1 aromatic carbocycles. The number of carbonyl (C=O) groups excluding carboxylic acids is 1. The Bertz CT molecular complexity index is 444. The zero-order valence-corrected chi connectivity index (χ0v) is 9.53. The molecular weight excluding hydrogens is 242 g/mol. The Kier molecular flexibility index (Phi) is 5.58. The van der Waals surface area contributed by atoms with Crippen molar-refractivity contribution >= 4 is 5.91 Å². The lowest BCUT2D eigenvalue weighted by atomic mass is 10.2. The van der Waals surface area contributed by atoms with Crippen molar-refractivity contribution < 1.29 is 18.3 Å². The number of hydrogen-bond acceptors (Lipinski definition) is 3. The van der Waals surface area contributed by atoms with Gasteiger partial charge in [0.1, 0.15) is 5.75 Å². The van der Waals surface area contributed by atoms with Crippen LogP contribution in [0.4, 0.5) is 8.78 Å². The Balaban J connectivity index is 2.55. The third-order valence-electron chi connectivity index (χ3n) is 2.07. The van der Waals surface area contributed by atoms with Gasteiger partial charge in [0.15, 0.2) is 0 Å². The van der Waals surface area contributed by atoms with Crippen molar-refractivity contribution in [2.45, 2.75) is 19.5 Å². The van der Waals surface area contributed by atoms with E-state index in [0.29, 0.717) is 19.4 Å². The van der Waals surface area contributed by atoms with Gasteiger partial charge in [-0.3, -0.25) is 4.79 Å². The van der Waals surface area contributed by atoms with Crippen molar-refractivity contribution in [1.29, 1.82) is 5.26 Å². The number of ether oxygens (including phenoxy) is 1. The molecule has 0 saturated carbocycles. The van der Waals surface area contributed by atoms with E-state index in [1.165, 1.54) is 24.3 Å². The van der Waals surface area contributed by atoms with Crippen LogP contribution in [0.15, 0.2) is 24.3 Å². The fourth-order valence-corrected chi connectivity index (χ4v) is 1.28. The van der Waals surface area contributed by atoms with E-state index in [1.807, 2.05) is 6.07 Å². The summed E-state index contributed by atoms with van der Waals surface area (Å²) in [5.41, 5.74) is 0.241. The fraction of sp³-hybridized carbons (Fsp3) is 0.333. The number of alkyl halides is 2. The zero-order valence-electron chi connectivity index (χ0n) is 9.53.